The molecule has 5 N–H and O–H groups in total. The second kappa shape index (κ2) is 20.2. The third kappa shape index (κ3) is 14.9. The van der Waals surface area contributed by atoms with Gasteiger partial charge in [-0.05, 0) is 57.2 Å². The number of hydrogen-bond donors (Lipinski definition) is 3. The summed E-state index contributed by atoms with van der Waals surface area (Å²) in [6, 6.07) is 12.1. The molecule has 1 amide bonds. The van der Waals surface area contributed by atoms with Crippen molar-refractivity contribution in [3.63, 3.8) is 0 Å². The van der Waals surface area contributed by atoms with Crippen LogP contribution in [-0.4, -0.2) is 55.5 Å². The van der Waals surface area contributed by atoms with Gasteiger partial charge in [-0.3, -0.25) is 0 Å². The maximum absolute atomic E-state index is 13.1. The molecular weight excluding hydrogens is 1030 g/mol. The van der Waals surface area contributed by atoms with Crippen LogP contribution in [0, 0.1) is 17.5 Å². The van der Waals surface area contributed by atoms with Gasteiger partial charge in [-0.2, -0.15) is 0 Å². The zero-order valence-electron chi connectivity index (χ0n) is 28.6. The van der Waals surface area contributed by atoms with Crippen molar-refractivity contribution in [2.24, 2.45) is 10.9 Å². The Hall–Kier alpha value is -3.01. The molecule has 6 aromatic rings. The fraction of sp³-hybridized carbons (Fsp3) is 0.290. The minimum atomic E-state index is -3.89. The monoisotopic (exact) mass is 1060 g/mol. The Morgan fingerprint density at radius 2 is 1.13 bits per heavy atom. The zero-order chi connectivity index (χ0) is 40.3. The topological polar surface area (TPSA) is 237 Å². The van der Waals surface area contributed by atoms with Gasteiger partial charge >= 0.3 is 55.5 Å². The van der Waals surface area contributed by atoms with E-state index < -0.39 is 43.4 Å². The van der Waals surface area contributed by atoms with E-state index in [1.807, 2.05) is 4.72 Å². The average Bonchev–Trinajstić information content (AvgIpc) is 3.78. The summed E-state index contributed by atoms with van der Waals surface area (Å²) in [4.78, 5) is 11.5. The van der Waals surface area contributed by atoms with Crippen LogP contribution in [0.5, 0.6) is 0 Å². The molecule has 0 aliphatic heterocycles. The quantitative estimate of drug-likeness (QED) is 0.141. The molecule has 0 unspecified atom stereocenters. The van der Waals surface area contributed by atoms with Crippen LogP contribution in [0.25, 0.3) is 32.9 Å². The molecule has 0 saturated carbocycles. The van der Waals surface area contributed by atoms with Gasteiger partial charge in [-0.1, -0.05) is 15.5 Å². The molecule has 0 radical (unpaired) electrons. The van der Waals surface area contributed by atoms with Crippen molar-refractivity contribution in [2.75, 3.05) is 11.5 Å². The molecule has 0 aliphatic carbocycles. The molecule has 3 aromatic heterocycles. The molecule has 0 spiro atoms. The number of aryl methyl sites for hydroxylation is 2. The Labute approximate surface area is 336 Å². The number of sulfonamides is 2. The minimum absolute atomic E-state index is 0.0107. The number of ether oxygens (including phenoxy) is 1. The van der Waals surface area contributed by atoms with E-state index >= 15 is 0 Å². The van der Waals surface area contributed by atoms with Gasteiger partial charge < -0.3 is 24.0 Å². The molecule has 0 fully saturated rings. The Morgan fingerprint density at radius 3 is 1.50 bits per heavy atom. The molecule has 3 aromatic carbocycles. The second-order valence-electron chi connectivity index (χ2n) is 11.9. The van der Waals surface area contributed by atoms with Gasteiger partial charge in [0.15, 0.2) is 16.7 Å². The number of nitrogens with one attached hydrogen (secondary N) is 1. The number of fused-ring (bicyclic) bond motifs is 3. The number of rotatable bonds is 8. The third-order valence-electron chi connectivity index (χ3n) is 6.59. The number of amides is 1. The van der Waals surface area contributed by atoms with Crippen molar-refractivity contribution in [2.45, 2.75) is 45.8 Å². The van der Waals surface area contributed by atoms with E-state index in [0.29, 0.717) is 55.0 Å². The molecule has 3 heterocycles. The van der Waals surface area contributed by atoms with Crippen LogP contribution >= 0.6 is 40.0 Å². The van der Waals surface area contributed by atoms with Crippen LogP contribution in [0.3, 0.4) is 0 Å². The Balaban J connectivity index is 0.000000220. The second-order valence-corrected chi connectivity index (χ2v) is 27.2. The molecule has 293 valence electrons. The van der Waals surface area contributed by atoms with Gasteiger partial charge in [0, 0.05) is 53.7 Å². The number of carbonyl (C=O) groups is 1. The number of halogens is 5. The van der Waals surface area contributed by atoms with Crippen molar-refractivity contribution < 1.29 is 62.6 Å². The summed E-state index contributed by atoms with van der Waals surface area (Å²) >= 11 is 4.74. The molecule has 23 heteroatoms. The van der Waals surface area contributed by atoms with Crippen molar-refractivity contribution in [3.8, 4) is 0 Å². The summed E-state index contributed by atoms with van der Waals surface area (Å²) in [5.41, 5.74) is 7.04. The number of nitrogens with zero attached hydrogens (tertiary/aromatic N) is 3. The van der Waals surface area contributed by atoms with E-state index in [9.17, 15) is 34.8 Å². The van der Waals surface area contributed by atoms with Gasteiger partial charge in [-0.15, -0.1) is 0 Å². The molecular formula is C31H33F3I2N6O9S2V. The first-order chi connectivity index (χ1) is 25.2. The molecule has 54 heavy (non-hydrogen) atoms. The van der Waals surface area contributed by atoms with Gasteiger partial charge in [0.05, 0.1) is 22.9 Å². The fourth-order valence-electron chi connectivity index (χ4n) is 4.35. The summed E-state index contributed by atoms with van der Waals surface area (Å²) in [5, 5.41) is 17.9. The maximum atomic E-state index is 13.1. The Morgan fingerprint density at radius 1 is 0.759 bits per heavy atom. The van der Waals surface area contributed by atoms with E-state index in [0.717, 1.165) is 5.39 Å². The molecule has 0 atom stereocenters. The SMILES string of the molecule is CC(C)(C)OC(=O)NS(=O)(=O)CCc1noc2cc(F)ccc12.NCc1noc2cc(F)ccc12.NS(=O)(=O)CCc1noc2cc(F)ccc12.[I][V][I]. The van der Waals surface area contributed by atoms with Crippen LogP contribution in [0.1, 0.15) is 37.9 Å². The van der Waals surface area contributed by atoms with E-state index in [1.165, 1.54) is 48.5 Å². The Kier molecular flexibility index (Phi) is 17.0. The van der Waals surface area contributed by atoms with Crippen molar-refractivity contribution in [3.05, 3.63) is 89.1 Å². The van der Waals surface area contributed by atoms with E-state index in [1.54, 1.807) is 26.8 Å². The molecule has 15 nitrogen and oxygen atoms in total. The number of primary sulfonamides is 1. The van der Waals surface area contributed by atoms with E-state index in [4.69, 9.17) is 29.2 Å². The fourth-order valence-corrected chi connectivity index (χ4v) is 5.68. The standard InChI is InChI=1S/C14H17FN2O5S.C9H9FN2O3S.C8H7FN2O.2HI.V/c1-14(2,3)21-13(18)17-23(19,20)7-6-11-10-5-4-9(15)8-12(10)22-16-11;10-6-1-2-7-8(3-4-16(11,13)14)12-15-9(7)5-6;9-5-1-2-6-7(4-10)11-12-8(6)3-5;;;/h4-5,8H,6-7H2,1-3H3,(H,17,18);1-2,5H,3-4H2,(H2,11,13,14);1-3H,4,10H2;2*1H;/q;;;;;+2/p-2. The number of hydrogen-bond acceptors (Lipinski definition) is 13. The summed E-state index contributed by atoms with van der Waals surface area (Å²) in [5.74, 6) is -1.83. The van der Waals surface area contributed by atoms with Crippen molar-refractivity contribution >= 4 is 99.0 Å². The predicted octanol–water partition coefficient (Wildman–Crippen LogP) is 6.36. The van der Waals surface area contributed by atoms with Crippen LogP contribution in [0.4, 0.5) is 18.0 Å². The number of benzene rings is 3. The summed E-state index contributed by atoms with van der Waals surface area (Å²) in [6.07, 6.45) is -0.876. The first-order valence-corrected chi connectivity index (χ1v) is 27.6. The zero-order valence-corrected chi connectivity index (χ0v) is 35.9. The van der Waals surface area contributed by atoms with E-state index in [2.05, 4.69) is 55.4 Å². The normalized spacial score (nSPS) is 11.5. The van der Waals surface area contributed by atoms with Crippen LogP contribution in [0.2, 0.25) is 0 Å². The van der Waals surface area contributed by atoms with Gasteiger partial charge in [0.1, 0.15) is 28.7 Å². The number of carbonyl (C=O) groups excluding carboxylic acids is 1. The Bertz CT molecular complexity index is 2410. The molecule has 0 aliphatic rings. The first kappa shape index (κ1) is 45.4. The number of nitrogens with two attached hydrogens (primary N) is 2. The van der Waals surface area contributed by atoms with Crippen molar-refractivity contribution in [1.29, 1.82) is 0 Å². The van der Waals surface area contributed by atoms with Crippen molar-refractivity contribution in [1.82, 2.24) is 20.2 Å². The van der Waals surface area contributed by atoms with Gasteiger partial charge in [0.25, 0.3) is 0 Å². The van der Waals surface area contributed by atoms with Crippen LogP contribution in [0.15, 0.2) is 68.2 Å². The molecule has 0 bridgehead atoms. The van der Waals surface area contributed by atoms with Crippen LogP contribution in [-0.2, 0) is 53.6 Å². The first-order valence-electron chi connectivity index (χ1n) is 15.2. The average molecular weight is 1060 g/mol. The summed E-state index contributed by atoms with van der Waals surface area (Å²) < 4.78 is 105. The molecule has 6 rings (SSSR count). The van der Waals surface area contributed by atoms with Crippen LogP contribution < -0.4 is 15.6 Å². The third-order valence-corrected chi connectivity index (χ3v) is 8.58. The molecule has 0 saturated heterocycles. The van der Waals surface area contributed by atoms with E-state index in [-0.39, 0.29) is 35.7 Å². The van der Waals surface area contributed by atoms with Gasteiger partial charge in [0.2, 0.25) is 20.0 Å². The number of aromatic nitrogens is 3. The summed E-state index contributed by atoms with van der Waals surface area (Å²) in [7, 11) is -6.79. The summed E-state index contributed by atoms with van der Waals surface area (Å²) in [6.45, 7) is 5.18. The van der Waals surface area contributed by atoms with Gasteiger partial charge in [-0.25, -0.2) is 44.7 Å². The predicted molar refractivity (Wildman–Crippen MR) is 206 cm³/mol.